The van der Waals surface area contributed by atoms with Crippen LogP contribution in [0.2, 0.25) is 0 Å². The summed E-state index contributed by atoms with van der Waals surface area (Å²) in [4.78, 5) is 0. The van der Waals surface area contributed by atoms with E-state index in [-0.39, 0.29) is 0 Å². The molecule has 0 spiro atoms. The summed E-state index contributed by atoms with van der Waals surface area (Å²) in [7, 11) is 0. The lowest BCUT2D eigenvalue weighted by Crippen LogP contribution is -2.38. The van der Waals surface area contributed by atoms with Crippen molar-refractivity contribution < 1.29 is 0 Å². The maximum absolute atomic E-state index is 5.02. The van der Waals surface area contributed by atoms with Crippen LogP contribution in [0.5, 0.6) is 0 Å². The minimum Gasteiger partial charge on any atom is -0.362 e. The molecule has 0 radical (unpaired) electrons. The van der Waals surface area contributed by atoms with Crippen molar-refractivity contribution in [2.75, 3.05) is 6.54 Å². The largest absolute Gasteiger partial charge is 0.362 e. The third-order valence-corrected chi connectivity index (χ3v) is 3.02. The third kappa shape index (κ3) is 1.80. The van der Waals surface area contributed by atoms with Crippen LogP contribution < -0.4 is 10.7 Å². The lowest BCUT2D eigenvalue weighted by molar-refractivity contribution is 0.444. The first-order valence-electron chi connectivity index (χ1n) is 5.08. The zero-order valence-electron chi connectivity index (χ0n) is 8.29. The highest BCUT2D eigenvalue weighted by molar-refractivity contribution is 7.80. The maximum Gasteiger partial charge on any atom is 0.186 e. The lowest BCUT2D eigenvalue weighted by atomic mass is 9.74. The number of nitrogens with zero attached hydrogens (tertiary/aromatic N) is 1. The highest BCUT2D eigenvalue weighted by Crippen LogP contribution is 2.39. The van der Waals surface area contributed by atoms with E-state index in [2.05, 4.69) is 28.0 Å². The number of hydrogen-bond donors (Lipinski definition) is 2. The van der Waals surface area contributed by atoms with E-state index in [1.165, 1.54) is 12.1 Å². The number of hydrazone groups is 1. The van der Waals surface area contributed by atoms with Gasteiger partial charge in [0.2, 0.25) is 0 Å². The van der Waals surface area contributed by atoms with Crippen LogP contribution in [0.1, 0.15) is 19.8 Å². The summed E-state index contributed by atoms with van der Waals surface area (Å²) in [5, 5.41) is 7.92. The summed E-state index contributed by atoms with van der Waals surface area (Å²) >= 11 is 5.02. The van der Waals surface area contributed by atoms with Crippen molar-refractivity contribution in [1.82, 2.24) is 10.7 Å². The zero-order chi connectivity index (χ0) is 9.97. The van der Waals surface area contributed by atoms with Crippen molar-refractivity contribution in [2.45, 2.75) is 19.8 Å². The fourth-order valence-electron chi connectivity index (χ4n) is 1.98. The Bertz CT molecular complexity index is 296. The van der Waals surface area contributed by atoms with Gasteiger partial charge in [0, 0.05) is 18.2 Å². The van der Waals surface area contributed by atoms with Crippen molar-refractivity contribution in [1.29, 1.82) is 0 Å². The van der Waals surface area contributed by atoms with Crippen molar-refractivity contribution >= 4 is 23.0 Å². The van der Waals surface area contributed by atoms with Crippen LogP contribution in [0, 0.1) is 11.8 Å². The summed E-state index contributed by atoms with van der Waals surface area (Å²) in [6.07, 6.45) is 6.85. The highest BCUT2D eigenvalue weighted by atomic mass is 32.1. The van der Waals surface area contributed by atoms with E-state index in [1.807, 2.05) is 6.92 Å². The van der Waals surface area contributed by atoms with E-state index in [0.717, 1.165) is 18.9 Å². The lowest BCUT2D eigenvalue weighted by Gasteiger charge is -2.31. The monoisotopic (exact) mass is 209 g/mol. The average Bonchev–Trinajstić information content (AvgIpc) is 2.48. The molecular formula is C10H15N3S. The van der Waals surface area contributed by atoms with Crippen LogP contribution in [0.25, 0.3) is 0 Å². The van der Waals surface area contributed by atoms with E-state index < -0.39 is 0 Å². The van der Waals surface area contributed by atoms with E-state index in [4.69, 9.17) is 12.2 Å². The molecule has 2 rings (SSSR count). The fraction of sp³-hybridized carbons (Fsp3) is 0.600. The standard InChI is InChI=1S/C10H15N3S/c1-2-11-10(14)13-12-9-6-7-4-3-5-8(7)9/h3,5,7-8H,2,4,6H2,1H3,(H2,11,13,14)/b12-9-. The van der Waals surface area contributed by atoms with Gasteiger partial charge >= 0.3 is 0 Å². The number of nitrogens with one attached hydrogen (secondary N) is 2. The van der Waals surface area contributed by atoms with E-state index in [1.54, 1.807) is 0 Å². The van der Waals surface area contributed by atoms with Crippen LogP contribution in [0.4, 0.5) is 0 Å². The Morgan fingerprint density at radius 3 is 3.29 bits per heavy atom. The molecule has 0 bridgehead atoms. The Kier molecular flexibility index (Phi) is 2.82. The van der Waals surface area contributed by atoms with Gasteiger partial charge in [0.25, 0.3) is 0 Å². The Morgan fingerprint density at radius 2 is 2.57 bits per heavy atom. The molecule has 0 aromatic heterocycles. The van der Waals surface area contributed by atoms with Gasteiger partial charge in [-0.3, -0.25) is 5.43 Å². The summed E-state index contributed by atoms with van der Waals surface area (Å²) in [5.74, 6) is 1.41. The minimum atomic E-state index is 0.590. The molecule has 14 heavy (non-hydrogen) atoms. The average molecular weight is 209 g/mol. The first kappa shape index (κ1) is 9.65. The molecule has 3 nitrogen and oxygen atoms in total. The molecule has 1 saturated carbocycles. The fourth-order valence-corrected chi connectivity index (χ4v) is 2.17. The van der Waals surface area contributed by atoms with E-state index in [0.29, 0.717) is 11.0 Å². The molecule has 0 aromatic carbocycles. The molecule has 1 fully saturated rings. The summed E-state index contributed by atoms with van der Waals surface area (Å²) in [6, 6.07) is 0. The Hall–Kier alpha value is -0.900. The number of thiocarbonyl (C=S) groups is 1. The topological polar surface area (TPSA) is 36.4 Å². The van der Waals surface area contributed by atoms with Gasteiger partial charge in [-0.2, -0.15) is 5.10 Å². The Labute approximate surface area is 89.6 Å². The van der Waals surface area contributed by atoms with Crippen LogP contribution in [0.3, 0.4) is 0 Å². The first-order chi connectivity index (χ1) is 6.81. The van der Waals surface area contributed by atoms with Crippen LogP contribution in [0.15, 0.2) is 17.3 Å². The third-order valence-electron chi connectivity index (χ3n) is 2.78. The van der Waals surface area contributed by atoms with Gasteiger partial charge in [-0.05, 0) is 37.9 Å². The summed E-state index contributed by atoms with van der Waals surface area (Å²) in [5.41, 5.74) is 4.11. The van der Waals surface area contributed by atoms with Gasteiger partial charge in [-0.25, -0.2) is 0 Å². The highest BCUT2D eigenvalue weighted by Gasteiger charge is 2.37. The Balaban J connectivity index is 1.82. The van der Waals surface area contributed by atoms with Crippen LogP contribution in [-0.2, 0) is 0 Å². The molecule has 2 atom stereocenters. The minimum absolute atomic E-state index is 0.590. The predicted octanol–water partition coefficient (Wildman–Crippen LogP) is 1.42. The molecule has 76 valence electrons. The number of fused-ring (bicyclic) bond motifs is 1. The SMILES string of the molecule is CCNC(=S)N/N=C1/CC2CC=CC12. The van der Waals surface area contributed by atoms with Crippen molar-refractivity contribution in [2.24, 2.45) is 16.9 Å². The number of allylic oxidation sites excluding steroid dienone is 2. The molecule has 2 unspecified atom stereocenters. The molecule has 2 aliphatic carbocycles. The molecular weight excluding hydrogens is 194 g/mol. The quantitative estimate of drug-likeness (QED) is 0.410. The van der Waals surface area contributed by atoms with Gasteiger partial charge in [0.05, 0.1) is 0 Å². The molecule has 0 aliphatic heterocycles. The van der Waals surface area contributed by atoms with Gasteiger partial charge in [-0.1, -0.05) is 12.2 Å². The molecule has 0 saturated heterocycles. The normalized spacial score (nSPS) is 31.1. The Morgan fingerprint density at radius 1 is 1.71 bits per heavy atom. The second-order valence-electron chi connectivity index (χ2n) is 3.73. The molecule has 0 amide bonds. The van der Waals surface area contributed by atoms with Crippen molar-refractivity contribution in [3.05, 3.63) is 12.2 Å². The summed E-state index contributed by atoms with van der Waals surface area (Å²) in [6.45, 7) is 2.85. The van der Waals surface area contributed by atoms with Gasteiger partial charge in [0.1, 0.15) is 0 Å². The number of rotatable bonds is 2. The van der Waals surface area contributed by atoms with E-state index >= 15 is 0 Å². The zero-order valence-corrected chi connectivity index (χ0v) is 9.10. The van der Waals surface area contributed by atoms with Crippen molar-refractivity contribution in [3.8, 4) is 0 Å². The van der Waals surface area contributed by atoms with E-state index in [9.17, 15) is 0 Å². The molecule has 4 heteroatoms. The second kappa shape index (κ2) is 4.09. The molecule has 0 aromatic rings. The molecule has 2 N–H and O–H groups in total. The van der Waals surface area contributed by atoms with Crippen LogP contribution in [-0.4, -0.2) is 17.4 Å². The van der Waals surface area contributed by atoms with Crippen LogP contribution >= 0.6 is 12.2 Å². The predicted molar refractivity (Wildman–Crippen MR) is 62.2 cm³/mol. The maximum atomic E-state index is 5.02. The smallest absolute Gasteiger partial charge is 0.186 e. The van der Waals surface area contributed by atoms with Gasteiger partial charge in [0.15, 0.2) is 5.11 Å². The molecule has 2 aliphatic rings. The molecule has 0 heterocycles. The second-order valence-corrected chi connectivity index (χ2v) is 4.14. The first-order valence-corrected chi connectivity index (χ1v) is 5.49. The van der Waals surface area contributed by atoms with Gasteiger partial charge < -0.3 is 5.32 Å². The van der Waals surface area contributed by atoms with Gasteiger partial charge in [-0.15, -0.1) is 0 Å². The van der Waals surface area contributed by atoms with Crippen molar-refractivity contribution in [3.63, 3.8) is 0 Å². The number of hydrogen-bond acceptors (Lipinski definition) is 2. The summed E-state index contributed by atoms with van der Waals surface area (Å²) < 4.78 is 0.